The number of amides is 1. The third kappa shape index (κ3) is 1.58. The maximum atomic E-state index is 11.4. The van der Waals surface area contributed by atoms with Gasteiger partial charge in [0.15, 0.2) is 0 Å². The molecule has 5 nitrogen and oxygen atoms in total. The van der Waals surface area contributed by atoms with Crippen LogP contribution in [0, 0.1) is 5.92 Å². The number of carbonyl (C=O) groups is 2. The summed E-state index contributed by atoms with van der Waals surface area (Å²) in [7, 11) is 0. The average Bonchev–Trinajstić information content (AvgIpc) is 2.78. The topological polar surface area (TPSA) is 83.6 Å². The van der Waals surface area contributed by atoms with Gasteiger partial charge in [-0.1, -0.05) is 0 Å². The first-order chi connectivity index (χ1) is 8.08. The number of aliphatic carboxylic acids is 1. The molecule has 1 saturated heterocycles. The van der Waals surface area contributed by atoms with E-state index in [1.807, 2.05) is 0 Å². The smallest absolute Gasteiger partial charge is 0.353 e. The standard InChI is InChI=1S/C11H14N2O3S/c12-6-2-1-5(3-6)10-9(11(15)16)13-7(14)4-8(13)17-10/h5-6,8H,1-4,12H2,(H,15,16)/t5?,6?,8-/m0/s1. The van der Waals surface area contributed by atoms with E-state index >= 15 is 0 Å². The van der Waals surface area contributed by atoms with Gasteiger partial charge in [-0.2, -0.15) is 0 Å². The molecule has 0 spiro atoms. The molecule has 1 amide bonds. The van der Waals surface area contributed by atoms with E-state index in [-0.39, 0.29) is 28.9 Å². The number of hydrogen-bond donors (Lipinski definition) is 2. The second-order valence-corrected chi connectivity index (χ2v) is 6.05. The second-order valence-electron chi connectivity index (χ2n) is 4.83. The van der Waals surface area contributed by atoms with Crippen LogP contribution in [-0.2, 0) is 9.59 Å². The maximum Gasteiger partial charge on any atom is 0.353 e. The summed E-state index contributed by atoms with van der Waals surface area (Å²) in [5.74, 6) is -0.819. The SMILES string of the molecule is NC1CCC(C2=C(C(=O)O)N3C(=O)C[C@@H]3S2)C1. The fourth-order valence-electron chi connectivity index (χ4n) is 2.82. The van der Waals surface area contributed by atoms with Crippen molar-refractivity contribution in [3.05, 3.63) is 10.6 Å². The van der Waals surface area contributed by atoms with Crippen LogP contribution in [-0.4, -0.2) is 33.3 Å². The summed E-state index contributed by atoms with van der Waals surface area (Å²) in [6.45, 7) is 0. The molecule has 17 heavy (non-hydrogen) atoms. The Kier molecular flexibility index (Phi) is 2.45. The summed E-state index contributed by atoms with van der Waals surface area (Å²) in [6.07, 6.45) is 3.19. The molecule has 3 N–H and O–H groups in total. The number of carboxylic acid groups (broad SMARTS) is 1. The summed E-state index contributed by atoms with van der Waals surface area (Å²) in [5.41, 5.74) is 6.08. The highest BCUT2D eigenvalue weighted by molar-refractivity contribution is 8.04. The number of nitrogens with two attached hydrogens (primary N) is 1. The van der Waals surface area contributed by atoms with E-state index in [0.29, 0.717) is 6.42 Å². The van der Waals surface area contributed by atoms with Crippen molar-refractivity contribution >= 4 is 23.6 Å². The van der Waals surface area contributed by atoms with Gasteiger partial charge < -0.3 is 10.8 Å². The molecule has 92 valence electrons. The number of fused-ring (bicyclic) bond motifs is 1. The maximum absolute atomic E-state index is 11.4. The first-order valence-corrected chi connectivity index (χ1v) is 6.67. The molecule has 6 heteroatoms. The quantitative estimate of drug-likeness (QED) is 0.709. The molecule has 3 rings (SSSR count). The van der Waals surface area contributed by atoms with Crippen LogP contribution in [0.4, 0.5) is 0 Å². The van der Waals surface area contributed by atoms with Gasteiger partial charge in [0.1, 0.15) is 5.70 Å². The molecular formula is C11H14N2O3S. The predicted octanol–water partition coefficient (Wildman–Crippen LogP) is 0.715. The summed E-state index contributed by atoms with van der Waals surface area (Å²) >= 11 is 1.55. The first kappa shape index (κ1) is 11.1. The Morgan fingerprint density at radius 2 is 2.24 bits per heavy atom. The van der Waals surface area contributed by atoms with Crippen LogP contribution in [0.3, 0.4) is 0 Å². The van der Waals surface area contributed by atoms with Gasteiger partial charge in [0.25, 0.3) is 0 Å². The minimum Gasteiger partial charge on any atom is -0.477 e. The molecule has 2 unspecified atom stereocenters. The van der Waals surface area contributed by atoms with Gasteiger partial charge in [0.2, 0.25) is 5.91 Å². The molecule has 1 saturated carbocycles. The summed E-state index contributed by atoms with van der Waals surface area (Å²) in [6, 6.07) is 0.173. The van der Waals surface area contributed by atoms with Crippen molar-refractivity contribution in [2.75, 3.05) is 0 Å². The van der Waals surface area contributed by atoms with Gasteiger partial charge in [0.05, 0.1) is 11.8 Å². The number of thioether (sulfide) groups is 1. The van der Waals surface area contributed by atoms with Crippen molar-refractivity contribution in [2.24, 2.45) is 11.7 Å². The van der Waals surface area contributed by atoms with E-state index < -0.39 is 5.97 Å². The van der Waals surface area contributed by atoms with E-state index in [4.69, 9.17) is 5.73 Å². The van der Waals surface area contributed by atoms with Crippen molar-refractivity contribution in [1.82, 2.24) is 4.90 Å². The van der Waals surface area contributed by atoms with Gasteiger partial charge in [-0.15, -0.1) is 11.8 Å². The lowest BCUT2D eigenvalue weighted by molar-refractivity contribution is -0.145. The molecule has 2 heterocycles. The molecular weight excluding hydrogens is 240 g/mol. The first-order valence-electron chi connectivity index (χ1n) is 5.79. The van der Waals surface area contributed by atoms with Crippen LogP contribution in [0.5, 0.6) is 0 Å². The minimum atomic E-state index is -0.983. The third-order valence-electron chi connectivity index (χ3n) is 3.69. The van der Waals surface area contributed by atoms with Crippen molar-refractivity contribution < 1.29 is 14.7 Å². The largest absolute Gasteiger partial charge is 0.477 e. The van der Waals surface area contributed by atoms with Crippen molar-refractivity contribution in [1.29, 1.82) is 0 Å². The van der Waals surface area contributed by atoms with E-state index in [1.54, 1.807) is 11.8 Å². The Morgan fingerprint density at radius 1 is 1.47 bits per heavy atom. The Hall–Kier alpha value is -1.01. The van der Waals surface area contributed by atoms with E-state index in [0.717, 1.165) is 24.2 Å². The van der Waals surface area contributed by atoms with E-state index in [2.05, 4.69) is 0 Å². The molecule has 0 radical (unpaired) electrons. The Bertz CT molecular complexity index is 434. The molecule has 2 aliphatic heterocycles. The molecule has 3 aliphatic rings. The van der Waals surface area contributed by atoms with Crippen molar-refractivity contribution in [3.8, 4) is 0 Å². The van der Waals surface area contributed by atoms with Crippen molar-refractivity contribution in [2.45, 2.75) is 37.1 Å². The molecule has 0 bridgehead atoms. The number of rotatable bonds is 2. The lowest BCUT2D eigenvalue weighted by atomic mass is 10.0. The van der Waals surface area contributed by atoms with Gasteiger partial charge >= 0.3 is 5.97 Å². The monoisotopic (exact) mass is 254 g/mol. The number of allylic oxidation sites excluding steroid dienone is 1. The number of carboxylic acids is 1. The normalized spacial score (nSPS) is 36.2. The van der Waals surface area contributed by atoms with Crippen LogP contribution in [0.2, 0.25) is 0 Å². The lowest BCUT2D eigenvalue weighted by Gasteiger charge is -2.33. The zero-order valence-corrected chi connectivity index (χ0v) is 10.1. The van der Waals surface area contributed by atoms with Crippen LogP contribution < -0.4 is 5.73 Å². The summed E-state index contributed by atoms with van der Waals surface area (Å²) in [5, 5.41) is 9.28. The summed E-state index contributed by atoms with van der Waals surface area (Å²) < 4.78 is 0. The van der Waals surface area contributed by atoms with Crippen LogP contribution in [0.15, 0.2) is 10.6 Å². The van der Waals surface area contributed by atoms with Crippen molar-refractivity contribution in [3.63, 3.8) is 0 Å². The van der Waals surface area contributed by atoms with Crippen LogP contribution in [0.1, 0.15) is 25.7 Å². The van der Waals surface area contributed by atoms with Crippen LogP contribution in [0.25, 0.3) is 0 Å². The van der Waals surface area contributed by atoms with Gasteiger partial charge in [0, 0.05) is 10.9 Å². The molecule has 0 aromatic heterocycles. The average molecular weight is 254 g/mol. The highest BCUT2D eigenvalue weighted by Gasteiger charge is 2.50. The molecule has 2 fully saturated rings. The van der Waals surface area contributed by atoms with E-state index in [9.17, 15) is 14.7 Å². The Balaban J connectivity index is 1.92. The number of nitrogens with zero attached hydrogens (tertiary/aromatic N) is 1. The lowest BCUT2D eigenvalue weighted by Crippen LogP contribution is -2.48. The Morgan fingerprint density at radius 3 is 2.76 bits per heavy atom. The highest BCUT2D eigenvalue weighted by atomic mass is 32.2. The zero-order valence-electron chi connectivity index (χ0n) is 9.26. The fourth-order valence-corrected chi connectivity index (χ4v) is 4.38. The van der Waals surface area contributed by atoms with E-state index in [1.165, 1.54) is 4.90 Å². The van der Waals surface area contributed by atoms with Gasteiger partial charge in [-0.3, -0.25) is 9.69 Å². The zero-order chi connectivity index (χ0) is 12.2. The predicted molar refractivity (Wildman–Crippen MR) is 62.8 cm³/mol. The molecule has 3 atom stereocenters. The molecule has 1 aliphatic carbocycles. The Labute approximate surface area is 103 Å². The summed E-state index contributed by atoms with van der Waals surface area (Å²) in [4.78, 5) is 25.0. The van der Waals surface area contributed by atoms with Gasteiger partial charge in [-0.25, -0.2) is 4.79 Å². The van der Waals surface area contributed by atoms with Gasteiger partial charge in [-0.05, 0) is 25.2 Å². The van der Waals surface area contributed by atoms with Crippen LogP contribution >= 0.6 is 11.8 Å². The minimum absolute atomic E-state index is 0.0282. The number of carbonyl (C=O) groups excluding carboxylic acids is 1. The highest BCUT2D eigenvalue weighted by Crippen LogP contribution is 2.51. The number of hydrogen-bond acceptors (Lipinski definition) is 4. The third-order valence-corrected chi connectivity index (χ3v) is 5.12. The fraction of sp³-hybridized carbons (Fsp3) is 0.636. The second kappa shape index (κ2) is 3.74. The molecule has 0 aromatic carbocycles. The number of β-lactam (4-membered cyclic amide) rings is 1. The molecule has 0 aromatic rings.